The maximum atomic E-state index is 12.2. The van der Waals surface area contributed by atoms with Crippen LogP contribution in [0.25, 0.3) is 0 Å². The molecule has 112 valence electrons. The Morgan fingerprint density at radius 2 is 1.70 bits per heavy atom. The molecule has 0 aliphatic heterocycles. The third-order valence-electron chi connectivity index (χ3n) is 3.54. The average molecular weight is 336 g/mol. The second-order valence-electron chi connectivity index (χ2n) is 5.31. The molecule has 1 fully saturated rings. The van der Waals surface area contributed by atoms with Crippen LogP contribution in [-0.4, -0.2) is 14.5 Å². The predicted octanol–water partition coefficient (Wildman–Crippen LogP) is 4.14. The van der Waals surface area contributed by atoms with Gasteiger partial charge < -0.3 is 0 Å². The fourth-order valence-corrected chi connectivity index (χ4v) is 4.31. The smallest absolute Gasteiger partial charge is 0.212 e. The highest BCUT2D eigenvalue weighted by atomic mass is 35.5. The standard InChI is InChI=1S/C14H19Cl2NO2S/c15-13-8-7-11(9-14(13)16)10-20(18,19)17-12-5-3-1-2-4-6-12/h7-9,12,17H,1-6,10H2. The molecule has 0 radical (unpaired) electrons. The molecular formula is C14H19Cl2NO2S. The minimum absolute atomic E-state index is 0.0552. The van der Waals surface area contributed by atoms with E-state index in [1.165, 1.54) is 12.8 Å². The third-order valence-corrected chi connectivity index (χ3v) is 5.69. The van der Waals surface area contributed by atoms with E-state index in [0.29, 0.717) is 15.6 Å². The predicted molar refractivity (Wildman–Crippen MR) is 83.7 cm³/mol. The maximum Gasteiger partial charge on any atom is 0.216 e. The minimum atomic E-state index is -3.33. The van der Waals surface area contributed by atoms with E-state index in [1.807, 2.05) is 0 Å². The number of benzene rings is 1. The summed E-state index contributed by atoms with van der Waals surface area (Å²) in [6.07, 6.45) is 6.46. The van der Waals surface area contributed by atoms with Gasteiger partial charge in [-0.2, -0.15) is 0 Å². The Bertz CT molecular complexity index is 552. The van der Waals surface area contributed by atoms with Crippen molar-refractivity contribution in [1.82, 2.24) is 4.72 Å². The second-order valence-corrected chi connectivity index (χ2v) is 7.88. The van der Waals surface area contributed by atoms with Crippen LogP contribution in [0.3, 0.4) is 0 Å². The summed E-state index contributed by atoms with van der Waals surface area (Å²) in [5.74, 6) is -0.0552. The number of halogens is 2. The first-order valence-electron chi connectivity index (χ1n) is 6.90. The molecule has 1 saturated carbocycles. The number of hydrogen-bond donors (Lipinski definition) is 1. The number of rotatable bonds is 4. The van der Waals surface area contributed by atoms with Gasteiger partial charge in [0.05, 0.1) is 15.8 Å². The monoisotopic (exact) mass is 335 g/mol. The van der Waals surface area contributed by atoms with Crippen molar-refractivity contribution in [2.24, 2.45) is 0 Å². The summed E-state index contributed by atoms with van der Waals surface area (Å²) < 4.78 is 27.2. The van der Waals surface area contributed by atoms with Gasteiger partial charge in [-0.05, 0) is 30.5 Å². The molecular weight excluding hydrogens is 317 g/mol. The molecule has 20 heavy (non-hydrogen) atoms. The summed E-state index contributed by atoms with van der Waals surface area (Å²) in [5, 5.41) is 0.818. The van der Waals surface area contributed by atoms with Gasteiger partial charge in [-0.15, -0.1) is 0 Å². The van der Waals surface area contributed by atoms with E-state index in [9.17, 15) is 8.42 Å². The second kappa shape index (κ2) is 7.12. The quantitative estimate of drug-likeness (QED) is 0.840. The molecule has 0 bridgehead atoms. The first-order valence-corrected chi connectivity index (χ1v) is 9.31. The van der Waals surface area contributed by atoms with E-state index in [0.717, 1.165) is 25.7 Å². The lowest BCUT2D eigenvalue weighted by Gasteiger charge is -2.16. The summed E-state index contributed by atoms with van der Waals surface area (Å²) in [5.41, 5.74) is 0.653. The lowest BCUT2D eigenvalue weighted by atomic mass is 10.1. The van der Waals surface area contributed by atoms with E-state index in [1.54, 1.807) is 18.2 Å². The summed E-state index contributed by atoms with van der Waals surface area (Å²) >= 11 is 11.7. The summed E-state index contributed by atoms with van der Waals surface area (Å²) in [6.45, 7) is 0. The maximum absolute atomic E-state index is 12.2. The van der Waals surface area contributed by atoms with Crippen LogP contribution in [0.5, 0.6) is 0 Å². The van der Waals surface area contributed by atoms with E-state index in [4.69, 9.17) is 23.2 Å². The lowest BCUT2D eigenvalue weighted by molar-refractivity contribution is 0.509. The van der Waals surface area contributed by atoms with Gasteiger partial charge in [-0.25, -0.2) is 13.1 Å². The fraction of sp³-hybridized carbons (Fsp3) is 0.571. The molecule has 0 saturated heterocycles. The molecule has 1 aliphatic carbocycles. The van der Waals surface area contributed by atoms with Crippen molar-refractivity contribution in [2.45, 2.75) is 50.3 Å². The number of sulfonamides is 1. The molecule has 1 aromatic carbocycles. The average Bonchev–Trinajstić information content (AvgIpc) is 2.61. The molecule has 6 heteroatoms. The van der Waals surface area contributed by atoms with Crippen molar-refractivity contribution in [1.29, 1.82) is 0 Å². The van der Waals surface area contributed by atoms with E-state index in [2.05, 4.69) is 4.72 Å². The van der Waals surface area contributed by atoms with Crippen molar-refractivity contribution in [2.75, 3.05) is 0 Å². The van der Waals surface area contributed by atoms with Crippen LogP contribution < -0.4 is 4.72 Å². The molecule has 1 aliphatic rings. The van der Waals surface area contributed by atoms with Crippen LogP contribution in [-0.2, 0) is 15.8 Å². The highest BCUT2D eigenvalue weighted by Gasteiger charge is 2.19. The topological polar surface area (TPSA) is 46.2 Å². The molecule has 0 amide bonds. The van der Waals surface area contributed by atoms with Gasteiger partial charge in [0.25, 0.3) is 0 Å². The zero-order valence-corrected chi connectivity index (χ0v) is 13.6. The Morgan fingerprint density at radius 3 is 2.30 bits per heavy atom. The lowest BCUT2D eigenvalue weighted by Crippen LogP contribution is -2.35. The zero-order valence-electron chi connectivity index (χ0n) is 11.2. The number of nitrogens with one attached hydrogen (secondary N) is 1. The van der Waals surface area contributed by atoms with Crippen molar-refractivity contribution >= 4 is 33.2 Å². The van der Waals surface area contributed by atoms with Gasteiger partial charge in [-0.3, -0.25) is 0 Å². The van der Waals surface area contributed by atoms with Crippen molar-refractivity contribution in [3.05, 3.63) is 33.8 Å². The highest BCUT2D eigenvalue weighted by molar-refractivity contribution is 7.88. The Hall–Kier alpha value is -0.290. The van der Waals surface area contributed by atoms with Crippen LogP contribution in [0.1, 0.15) is 44.1 Å². The normalized spacial score (nSPS) is 17.9. The summed E-state index contributed by atoms with van der Waals surface area (Å²) in [7, 11) is -3.33. The van der Waals surface area contributed by atoms with Crippen LogP contribution in [0.15, 0.2) is 18.2 Å². The molecule has 0 unspecified atom stereocenters. The largest absolute Gasteiger partial charge is 0.216 e. The van der Waals surface area contributed by atoms with Gasteiger partial charge >= 0.3 is 0 Å². The van der Waals surface area contributed by atoms with E-state index in [-0.39, 0.29) is 11.8 Å². The Morgan fingerprint density at radius 1 is 1.05 bits per heavy atom. The van der Waals surface area contributed by atoms with Gasteiger partial charge in [0.2, 0.25) is 10.0 Å². The Labute approximate surface area is 130 Å². The third kappa shape index (κ3) is 4.92. The SMILES string of the molecule is O=S(=O)(Cc1ccc(Cl)c(Cl)c1)NC1CCCCCC1. The molecule has 1 aromatic rings. The Kier molecular flexibility index (Phi) is 5.73. The van der Waals surface area contributed by atoms with Gasteiger partial charge in [0, 0.05) is 6.04 Å². The van der Waals surface area contributed by atoms with E-state index >= 15 is 0 Å². The Balaban J connectivity index is 2.00. The fourth-order valence-electron chi connectivity index (χ4n) is 2.54. The molecule has 0 aromatic heterocycles. The van der Waals surface area contributed by atoms with Crippen molar-refractivity contribution < 1.29 is 8.42 Å². The minimum Gasteiger partial charge on any atom is -0.212 e. The van der Waals surface area contributed by atoms with Crippen molar-refractivity contribution in [3.63, 3.8) is 0 Å². The molecule has 0 spiro atoms. The first kappa shape index (κ1) is 16.1. The summed E-state index contributed by atoms with van der Waals surface area (Å²) in [6, 6.07) is 5.00. The van der Waals surface area contributed by atoms with Gasteiger partial charge in [0.15, 0.2) is 0 Å². The first-order chi connectivity index (χ1) is 9.46. The molecule has 1 N–H and O–H groups in total. The zero-order chi connectivity index (χ0) is 14.6. The van der Waals surface area contributed by atoms with Crippen LogP contribution in [0.4, 0.5) is 0 Å². The molecule has 3 nitrogen and oxygen atoms in total. The summed E-state index contributed by atoms with van der Waals surface area (Å²) in [4.78, 5) is 0. The van der Waals surface area contributed by atoms with Crippen LogP contribution in [0.2, 0.25) is 10.0 Å². The van der Waals surface area contributed by atoms with E-state index < -0.39 is 10.0 Å². The highest BCUT2D eigenvalue weighted by Crippen LogP contribution is 2.24. The molecule has 2 rings (SSSR count). The van der Waals surface area contributed by atoms with Crippen LogP contribution in [0, 0.1) is 0 Å². The van der Waals surface area contributed by atoms with Crippen molar-refractivity contribution in [3.8, 4) is 0 Å². The molecule has 0 heterocycles. The van der Waals surface area contributed by atoms with Gasteiger partial charge in [0.1, 0.15) is 0 Å². The van der Waals surface area contributed by atoms with Crippen LogP contribution >= 0.6 is 23.2 Å². The number of hydrogen-bond acceptors (Lipinski definition) is 2. The molecule has 0 atom stereocenters. The van der Waals surface area contributed by atoms with Gasteiger partial charge in [-0.1, -0.05) is 55.0 Å².